The van der Waals surface area contributed by atoms with Crippen LogP contribution in [0.2, 0.25) is 0 Å². The number of amides is 2. The molecule has 0 unspecified atom stereocenters. The second-order valence-corrected chi connectivity index (χ2v) is 6.03. The molecule has 1 atom stereocenters. The van der Waals surface area contributed by atoms with Crippen molar-refractivity contribution in [2.45, 2.75) is 32.7 Å². The van der Waals surface area contributed by atoms with Crippen LogP contribution in [0.1, 0.15) is 37.0 Å². The number of likely N-dealkylation sites (N-methyl/N-ethyl adjacent to an activating group) is 1. The summed E-state index contributed by atoms with van der Waals surface area (Å²) >= 11 is 0. The average molecular weight is 332 g/mol. The normalized spacial score (nSPS) is 19.2. The molecule has 2 amide bonds. The van der Waals surface area contributed by atoms with Gasteiger partial charge in [-0.25, -0.2) is 0 Å². The van der Waals surface area contributed by atoms with Crippen LogP contribution in [0.25, 0.3) is 0 Å². The monoisotopic (exact) mass is 332 g/mol. The average Bonchev–Trinajstić information content (AvgIpc) is 3.11. The standard InChI is InChI=1S/C18H24N2O4/c1-3-19(4-2)18(22)14-6-5-9-20(14)17(21)13-7-8-15-16(12-13)24-11-10-23-15/h7-8,12,14H,3-6,9-11H2,1-2H3/t14-/m0/s1. The van der Waals surface area contributed by atoms with Crippen LogP contribution in [0.5, 0.6) is 11.5 Å². The van der Waals surface area contributed by atoms with E-state index in [1.54, 1.807) is 28.0 Å². The predicted octanol–water partition coefficient (Wildman–Crippen LogP) is 1.93. The number of likely N-dealkylation sites (tertiary alicyclic amines) is 1. The van der Waals surface area contributed by atoms with E-state index < -0.39 is 0 Å². The summed E-state index contributed by atoms with van der Waals surface area (Å²) in [6.45, 7) is 6.87. The lowest BCUT2D eigenvalue weighted by molar-refractivity contribution is -0.134. The lowest BCUT2D eigenvalue weighted by Gasteiger charge is -2.29. The van der Waals surface area contributed by atoms with E-state index in [2.05, 4.69) is 0 Å². The highest BCUT2D eigenvalue weighted by molar-refractivity contribution is 5.98. The number of benzene rings is 1. The summed E-state index contributed by atoms with van der Waals surface area (Å²) in [5.41, 5.74) is 0.540. The first-order valence-electron chi connectivity index (χ1n) is 8.65. The van der Waals surface area contributed by atoms with Gasteiger partial charge < -0.3 is 19.3 Å². The number of hydrogen-bond acceptors (Lipinski definition) is 4. The number of carbonyl (C=O) groups is 2. The maximum Gasteiger partial charge on any atom is 0.254 e. The van der Waals surface area contributed by atoms with Gasteiger partial charge in [-0.3, -0.25) is 9.59 Å². The molecule has 1 fully saturated rings. The van der Waals surface area contributed by atoms with Gasteiger partial charge in [0.25, 0.3) is 5.91 Å². The molecule has 1 saturated heterocycles. The summed E-state index contributed by atoms with van der Waals surface area (Å²) in [5, 5.41) is 0. The maximum absolute atomic E-state index is 12.9. The van der Waals surface area contributed by atoms with Gasteiger partial charge in [-0.15, -0.1) is 0 Å². The fourth-order valence-electron chi connectivity index (χ4n) is 3.35. The molecule has 3 rings (SSSR count). The third kappa shape index (κ3) is 3.05. The van der Waals surface area contributed by atoms with Crippen molar-refractivity contribution in [3.63, 3.8) is 0 Å². The van der Waals surface area contributed by atoms with Gasteiger partial charge in [0.15, 0.2) is 11.5 Å². The van der Waals surface area contributed by atoms with Crippen LogP contribution in [0, 0.1) is 0 Å². The number of rotatable bonds is 4. The molecule has 6 nitrogen and oxygen atoms in total. The van der Waals surface area contributed by atoms with E-state index in [0.29, 0.717) is 49.9 Å². The topological polar surface area (TPSA) is 59.1 Å². The third-order valence-electron chi connectivity index (χ3n) is 4.66. The van der Waals surface area contributed by atoms with Gasteiger partial charge in [0.1, 0.15) is 19.3 Å². The summed E-state index contributed by atoms with van der Waals surface area (Å²) in [5.74, 6) is 1.19. The van der Waals surface area contributed by atoms with Crippen molar-refractivity contribution in [3.05, 3.63) is 23.8 Å². The fourth-order valence-corrected chi connectivity index (χ4v) is 3.35. The maximum atomic E-state index is 12.9. The molecule has 0 aromatic heterocycles. The van der Waals surface area contributed by atoms with Gasteiger partial charge in [0.05, 0.1) is 0 Å². The summed E-state index contributed by atoms with van der Waals surface area (Å²) < 4.78 is 11.0. The zero-order chi connectivity index (χ0) is 17.1. The van der Waals surface area contributed by atoms with Crippen LogP contribution in [0.15, 0.2) is 18.2 Å². The number of hydrogen-bond donors (Lipinski definition) is 0. The molecule has 24 heavy (non-hydrogen) atoms. The molecule has 2 aliphatic rings. The number of fused-ring (bicyclic) bond motifs is 1. The van der Waals surface area contributed by atoms with Crippen molar-refractivity contribution in [2.24, 2.45) is 0 Å². The number of ether oxygens (including phenoxy) is 2. The van der Waals surface area contributed by atoms with Gasteiger partial charge in [-0.2, -0.15) is 0 Å². The van der Waals surface area contributed by atoms with Crippen LogP contribution >= 0.6 is 0 Å². The first kappa shape index (κ1) is 16.6. The van der Waals surface area contributed by atoms with Crippen LogP contribution in [-0.2, 0) is 4.79 Å². The number of nitrogens with zero attached hydrogens (tertiary/aromatic N) is 2. The lowest BCUT2D eigenvalue weighted by atomic mass is 10.1. The molecule has 0 aliphatic carbocycles. The molecule has 0 N–H and O–H groups in total. The second-order valence-electron chi connectivity index (χ2n) is 6.03. The zero-order valence-electron chi connectivity index (χ0n) is 14.3. The van der Waals surface area contributed by atoms with Crippen LogP contribution in [-0.4, -0.2) is 60.5 Å². The van der Waals surface area contributed by atoms with Gasteiger partial charge >= 0.3 is 0 Å². The Morgan fingerprint density at radius 1 is 1.17 bits per heavy atom. The molecule has 1 aromatic rings. The molecule has 6 heteroatoms. The van der Waals surface area contributed by atoms with E-state index in [0.717, 1.165) is 12.8 Å². The van der Waals surface area contributed by atoms with E-state index in [-0.39, 0.29) is 17.9 Å². The minimum atomic E-state index is -0.356. The molecule has 0 spiro atoms. The minimum Gasteiger partial charge on any atom is -0.486 e. The molecule has 2 aliphatic heterocycles. The van der Waals surface area contributed by atoms with E-state index >= 15 is 0 Å². The molecule has 0 radical (unpaired) electrons. The Morgan fingerprint density at radius 3 is 2.58 bits per heavy atom. The number of carbonyl (C=O) groups excluding carboxylic acids is 2. The molecule has 0 saturated carbocycles. The summed E-state index contributed by atoms with van der Waals surface area (Å²) in [7, 11) is 0. The molecule has 2 heterocycles. The lowest BCUT2D eigenvalue weighted by Crippen LogP contribution is -2.47. The van der Waals surface area contributed by atoms with Gasteiger partial charge in [0, 0.05) is 25.2 Å². The Balaban J connectivity index is 1.79. The smallest absolute Gasteiger partial charge is 0.254 e. The summed E-state index contributed by atoms with van der Waals surface area (Å²) in [6.07, 6.45) is 1.58. The van der Waals surface area contributed by atoms with E-state index in [1.165, 1.54) is 0 Å². The summed E-state index contributed by atoms with van der Waals surface area (Å²) in [4.78, 5) is 29.1. The van der Waals surface area contributed by atoms with Crippen LogP contribution in [0.4, 0.5) is 0 Å². The van der Waals surface area contributed by atoms with Gasteiger partial charge in [-0.1, -0.05) is 0 Å². The first-order chi connectivity index (χ1) is 11.7. The highest BCUT2D eigenvalue weighted by Gasteiger charge is 2.36. The Morgan fingerprint density at radius 2 is 1.88 bits per heavy atom. The molecular weight excluding hydrogens is 308 g/mol. The largest absolute Gasteiger partial charge is 0.486 e. The molecule has 1 aromatic carbocycles. The van der Waals surface area contributed by atoms with Crippen molar-refractivity contribution in [3.8, 4) is 11.5 Å². The van der Waals surface area contributed by atoms with Crippen LogP contribution in [0.3, 0.4) is 0 Å². The molecule has 130 valence electrons. The molecular formula is C18H24N2O4. The van der Waals surface area contributed by atoms with Gasteiger partial charge in [0.2, 0.25) is 5.91 Å². The fraction of sp³-hybridized carbons (Fsp3) is 0.556. The van der Waals surface area contributed by atoms with Crippen molar-refractivity contribution in [1.82, 2.24) is 9.80 Å². The SMILES string of the molecule is CCN(CC)C(=O)[C@@H]1CCCN1C(=O)c1ccc2c(c1)OCCO2. The van der Waals surface area contributed by atoms with Crippen molar-refractivity contribution in [2.75, 3.05) is 32.8 Å². The van der Waals surface area contributed by atoms with Crippen molar-refractivity contribution < 1.29 is 19.1 Å². The quantitative estimate of drug-likeness (QED) is 0.845. The van der Waals surface area contributed by atoms with Crippen LogP contribution < -0.4 is 9.47 Å². The highest BCUT2D eigenvalue weighted by Crippen LogP contribution is 2.32. The molecule has 0 bridgehead atoms. The van der Waals surface area contributed by atoms with Gasteiger partial charge in [-0.05, 0) is 44.9 Å². The summed E-state index contributed by atoms with van der Waals surface area (Å²) in [6, 6.07) is 4.87. The van der Waals surface area contributed by atoms with E-state index in [4.69, 9.17) is 9.47 Å². The minimum absolute atomic E-state index is 0.0448. The highest BCUT2D eigenvalue weighted by atomic mass is 16.6. The Kier molecular flexibility index (Phi) is 4.92. The van der Waals surface area contributed by atoms with Crippen molar-refractivity contribution >= 4 is 11.8 Å². The zero-order valence-corrected chi connectivity index (χ0v) is 14.3. The van der Waals surface area contributed by atoms with E-state index in [9.17, 15) is 9.59 Å². The Labute approximate surface area is 142 Å². The Bertz CT molecular complexity index is 627. The van der Waals surface area contributed by atoms with Crippen molar-refractivity contribution in [1.29, 1.82) is 0 Å². The third-order valence-corrected chi connectivity index (χ3v) is 4.66. The van der Waals surface area contributed by atoms with E-state index in [1.807, 2.05) is 13.8 Å². The first-order valence-corrected chi connectivity index (χ1v) is 8.65. The Hall–Kier alpha value is -2.24. The predicted molar refractivity (Wildman–Crippen MR) is 89.4 cm³/mol. The second kappa shape index (κ2) is 7.11.